The molecular formula is C19H20O4. The van der Waals surface area contributed by atoms with E-state index < -0.39 is 0 Å². The van der Waals surface area contributed by atoms with Crippen LogP contribution in [0.5, 0.6) is 11.5 Å². The van der Waals surface area contributed by atoms with Crippen LogP contribution in [0, 0.1) is 0 Å². The summed E-state index contributed by atoms with van der Waals surface area (Å²) in [5.41, 5.74) is 2.42. The standard InChI is InChI=1S/C19H20O4/c1-2-4-19(23-13-18-12-22-18)15(3-1)9-14-5-7-16(8-6-14)20-10-17-11-21-17/h1-8,17-18H,9-13H2. The van der Waals surface area contributed by atoms with E-state index in [1.54, 1.807) is 0 Å². The molecule has 2 aromatic rings. The summed E-state index contributed by atoms with van der Waals surface area (Å²) in [6.45, 7) is 2.91. The predicted octanol–water partition coefficient (Wildman–Crippen LogP) is 2.83. The lowest BCUT2D eigenvalue weighted by molar-refractivity contribution is 0.261. The molecular weight excluding hydrogens is 292 g/mol. The Hall–Kier alpha value is -2.04. The monoisotopic (exact) mass is 312 g/mol. The van der Waals surface area contributed by atoms with E-state index in [1.807, 2.05) is 30.3 Å². The highest BCUT2D eigenvalue weighted by atomic mass is 16.6. The zero-order valence-corrected chi connectivity index (χ0v) is 12.9. The van der Waals surface area contributed by atoms with Crippen molar-refractivity contribution in [2.45, 2.75) is 18.6 Å². The third-order valence-corrected chi connectivity index (χ3v) is 3.96. The zero-order valence-electron chi connectivity index (χ0n) is 12.9. The molecule has 0 saturated carbocycles. The molecule has 0 bridgehead atoms. The van der Waals surface area contributed by atoms with E-state index in [1.165, 1.54) is 11.1 Å². The van der Waals surface area contributed by atoms with Gasteiger partial charge >= 0.3 is 0 Å². The van der Waals surface area contributed by atoms with Gasteiger partial charge in [0.15, 0.2) is 0 Å². The van der Waals surface area contributed by atoms with E-state index in [9.17, 15) is 0 Å². The van der Waals surface area contributed by atoms with Crippen LogP contribution in [0.2, 0.25) is 0 Å². The van der Waals surface area contributed by atoms with Gasteiger partial charge < -0.3 is 18.9 Å². The van der Waals surface area contributed by atoms with Gasteiger partial charge in [0.05, 0.1) is 13.2 Å². The maximum Gasteiger partial charge on any atom is 0.122 e. The van der Waals surface area contributed by atoms with Crippen molar-refractivity contribution in [2.75, 3.05) is 26.4 Å². The second-order valence-electron chi connectivity index (χ2n) is 5.96. The fourth-order valence-electron chi connectivity index (χ4n) is 2.41. The molecule has 2 saturated heterocycles. The van der Waals surface area contributed by atoms with Gasteiger partial charge in [0.2, 0.25) is 0 Å². The molecule has 2 unspecified atom stereocenters. The van der Waals surface area contributed by atoms with Gasteiger partial charge in [-0.15, -0.1) is 0 Å². The lowest BCUT2D eigenvalue weighted by Crippen LogP contribution is -2.06. The SMILES string of the molecule is c1ccc(OCC2CO2)c(Cc2ccc(OCC3CO3)cc2)c1. The number of epoxide rings is 2. The van der Waals surface area contributed by atoms with Crippen molar-refractivity contribution in [3.05, 3.63) is 59.7 Å². The van der Waals surface area contributed by atoms with Crippen LogP contribution in [0.4, 0.5) is 0 Å². The normalized spacial score (nSPS) is 21.7. The molecule has 23 heavy (non-hydrogen) atoms. The van der Waals surface area contributed by atoms with Gasteiger partial charge in [-0.1, -0.05) is 30.3 Å². The van der Waals surface area contributed by atoms with Crippen molar-refractivity contribution in [3.8, 4) is 11.5 Å². The highest BCUT2D eigenvalue weighted by Crippen LogP contribution is 2.24. The van der Waals surface area contributed by atoms with Crippen LogP contribution in [-0.2, 0) is 15.9 Å². The van der Waals surface area contributed by atoms with Crippen LogP contribution in [0.3, 0.4) is 0 Å². The first-order valence-electron chi connectivity index (χ1n) is 8.02. The number of hydrogen-bond acceptors (Lipinski definition) is 4. The molecule has 4 heteroatoms. The zero-order chi connectivity index (χ0) is 15.5. The van der Waals surface area contributed by atoms with Crippen molar-refractivity contribution >= 4 is 0 Å². The smallest absolute Gasteiger partial charge is 0.122 e. The molecule has 120 valence electrons. The Labute approximate surface area is 135 Å². The molecule has 0 amide bonds. The van der Waals surface area contributed by atoms with Crippen LogP contribution < -0.4 is 9.47 Å². The Kier molecular flexibility index (Phi) is 4.18. The summed E-state index contributed by atoms with van der Waals surface area (Å²) >= 11 is 0. The van der Waals surface area contributed by atoms with Gasteiger partial charge in [-0.05, 0) is 29.3 Å². The van der Waals surface area contributed by atoms with E-state index in [-0.39, 0.29) is 12.2 Å². The first kappa shape index (κ1) is 14.5. The predicted molar refractivity (Wildman–Crippen MR) is 86.2 cm³/mol. The maximum absolute atomic E-state index is 5.87. The summed E-state index contributed by atoms with van der Waals surface area (Å²) in [7, 11) is 0. The Morgan fingerprint density at radius 3 is 2.17 bits per heavy atom. The number of para-hydroxylation sites is 1. The second-order valence-corrected chi connectivity index (χ2v) is 5.96. The molecule has 2 aliphatic rings. The third-order valence-electron chi connectivity index (χ3n) is 3.96. The fourth-order valence-corrected chi connectivity index (χ4v) is 2.41. The van der Waals surface area contributed by atoms with Gasteiger partial charge in [0.25, 0.3) is 0 Å². The largest absolute Gasteiger partial charge is 0.491 e. The van der Waals surface area contributed by atoms with Gasteiger partial charge in [0, 0.05) is 6.42 Å². The van der Waals surface area contributed by atoms with Crippen molar-refractivity contribution in [3.63, 3.8) is 0 Å². The summed E-state index contributed by atoms with van der Waals surface area (Å²) in [5.74, 6) is 1.83. The first-order chi connectivity index (χ1) is 11.4. The van der Waals surface area contributed by atoms with Gasteiger partial charge in [-0.2, -0.15) is 0 Å². The number of hydrogen-bond donors (Lipinski definition) is 0. The average Bonchev–Trinajstić information content (AvgIpc) is 3.48. The molecule has 2 aliphatic heterocycles. The molecule has 4 nitrogen and oxygen atoms in total. The lowest BCUT2D eigenvalue weighted by Gasteiger charge is -2.11. The van der Waals surface area contributed by atoms with Crippen LogP contribution in [0.15, 0.2) is 48.5 Å². The molecule has 0 aliphatic carbocycles. The minimum Gasteiger partial charge on any atom is -0.491 e. The first-order valence-corrected chi connectivity index (χ1v) is 8.02. The highest BCUT2D eigenvalue weighted by Gasteiger charge is 2.24. The minimum absolute atomic E-state index is 0.273. The fraction of sp³-hybridized carbons (Fsp3) is 0.368. The molecule has 0 spiro atoms. The number of ether oxygens (including phenoxy) is 4. The molecule has 0 N–H and O–H groups in total. The van der Waals surface area contributed by atoms with Crippen molar-refractivity contribution in [1.82, 2.24) is 0 Å². The minimum atomic E-state index is 0.273. The van der Waals surface area contributed by atoms with Gasteiger partial charge in [-0.3, -0.25) is 0 Å². The molecule has 2 atom stereocenters. The average molecular weight is 312 g/mol. The van der Waals surface area contributed by atoms with Crippen molar-refractivity contribution in [1.29, 1.82) is 0 Å². The van der Waals surface area contributed by atoms with E-state index in [0.717, 1.165) is 31.1 Å². The third kappa shape index (κ3) is 4.24. The van der Waals surface area contributed by atoms with Gasteiger partial charge in [-0.25, -0.2) is 0 Å². The molecule has 4 rings (SSSR count). The summed E-state index contributed by atoms with van der Waals surface area (Å²) in [5, 5.41) is 0. The number of rotatable bonds is 8. The van der Waals surface area contributed by atoms with E-state index in [2.05, 4.69) is 18.2 Å². The molecule has 2 fully saturated rings. The Morgan fingerprint density at radius 2 is 1.48 bits per heavy atom. The Bertz CT molecular complexity index is 645. The summed E-state index contributed by atoms with van der Waals surface area (Å²) < 4.78 is 21.9. The topological polar surface area (TPSA) is 43.5 Å². The maximum atomic E-state index is 5.87. The van der Waals surface area contributed by atoms with Gasteiger partial charge in [0.1, 0.15) is 36.9 Å². The molecule has 2 heterocycles. The highest BCUT2D eigenvalue weighted by molar-refractivity contribution is 5.39. The summed E-state index contributed by atoms with van der Waals surface area (Å²) in [6, 6.07) is 16.4. The number of benzene rings is 2. The molecule has 0 aromatic heterocycles. The molecule has 2 aromatic carbocycles. The van der Waals surface area contributed by atoms with E-state index in [0.29, 0.717) is 13.2 Å². The molecule has 0 radical (unpaired) electrons. The van der Waals surface area contributed by atoms with E-state index >= 15 is 0 Å². The second kappa shape index (κ2) is 6.60. The van der Waals surface area contributed by atoms with Crippen LogP contribution in [0.25, 0.3) is 0 Å². The van der Waals surface area contributed by atoms with E-state index in [4.69, 9.17) is 18.9 Å². The van der Waals surface area contributed by atoms with Crippen LogP contribution in [0.1, 0.15) is 11.1 Å². The Morgan fingerprint density at radius 1 is 0.826 bits per heavy atom. The summed E-state index contributed by atoms with van der Waals surface area (Å²) in [6.07, 6.45) is 1.40. The lowest BCUT2D eigenvalue weighted by atomic mass is 10.0. The van der Waals surface area contributed by atoms with Crippen molar-refractivity contribution < 1.29 is 18.9 Å². The van der Waals surface area contributed by atoms with Crippen molar-refractivity contribution in [2.24, 2.45) is 0 Å². The van der Waals surface area contributed by atoms with Crippen LogP contribution in [-0.4, -0.2) is 38.6 Å². The Balaban J connectivity index is 1.38. The summed E-state index contributed by atoms with van der Waals surface area (Å²) in [4.78, 5) is 0. The quantitative estimate of drug-likeness (QED) is 0.703. The van der Waals surface area contributed by atoms with Crippen LogP contribution >= 0.6 is 0 Å².